The fraction of sp³-hybridized carbons (Fsp3) is 0.692. The number of ether oxygens (including phenoxy) is 1. The zero-order valence-electron chi connectivity index (χ0n) is 11.2. The van der Waals surface area contributed by atoms with Crippen LogP contribution in [0.2, 0.25) is 0 Å². The number of fused-ring (bicyclic) bond motifs is 1. The summed E-state index contributed by atoms with van der Waals surface area (Å²) in [5.74, 6) is 1.45. The lowest BCUT2D eigenvalue weighted by atomic mass is 10.1. The molecular formula is C13H19N3O2S. The Kier molecular flexibility index (Phi) is 3.68. The highest BCUT2D eigenvalue weighted by atomic mass is 32.2. The SMILES string of the molecule is CCOc1nc2n(c(=O)c1N1CCCCC1)CCS2. The van der Waals surface area contributed by atoms with Crippen molar-refractivity contribution in [3.8, 4) is 5.88 Å². The first-order chi connectivity index (χ1) is 9.31. The van der Waals surface area contributed by atoms with Gasteiger partial charge in [0.25, 0.3) is 5.56 Å². The average molecular weight is 281 g/mol. The van der Waals surface area contributed by atoms with Gasteiger partial charge in [-0.2, -0.15) is 4.98 Å². The van der Waals surface area contributed by atoms with Crippen LogP contribution in [0.5, 0.6) is 5.88 Å². The van der Waals surface area contributed by atoms with Crippen LogP contribution in [0.15, 0.2) is 9.95 Å². The maximum Gasteiger partial charge on any atom is 0.281 e. The highest BCUT2D eigenvalue weighted by molar-refractivity contribution is 7.99. The molecule has 2 aliphatic rings. The summed E-state index contributed by atoms with van der Waals surface area (Å²) in [5.41, 5.74) is 0.744. The van der Waals surface area contributed by atoms with Crippen LogP contribution in [0, 0.1) is 0 Å². The minimum absolute atomic E-state index is 0.0698. The molecule has 1 saturated heterocycles. The molecule has 1 aromatic rings. The summed E-state index contributed by atoms with van der Waals surface area (Å²) in [6.07, 6.45) is 3.53. The van der Waals surface area contributed by atoms with E-state index in [4.69, 9.17) is 4.74 Å². The van der Waals surface area contributed by atoms with Crippen LogP contribution in [0.3, 0.4) is 0 Å². The molecule has 0 aromatic carbocycles. The van der Waals surface area contributed by atoms with Crippen molar-refractivity contribution in [3.05, 3.63) is 10.4 Å². The van der Waals surface area contributed by atoms with E-state index in [1.165, 1.54) is 6.42 Å². The normalized spacial score (nSPS) is 18.5. The van der Waals surface area contributed by atoms with Crippen LogP contribution in [0.4, 0.5) is 5.69 Å². The molecule has 0 bridgehead atoms. The van der Waals surface area contributed by atoms with Gasteiger partial charge in [0.2, 0.25) is 5.88 Å². The zero-order chi connectivity index (χ0) is 13.2. The first kappa shape index (κ1) is 12.8. The first-order valence-electron chi connectivity index (χ1n) is 6.96. The molecular weight excluding hydrogens is 262 g/mol. The predicted octanol–water partition coefficient (Wildman–Crippen LogP) is 1.74. The van der Waals surface area contributed by atoms with E-state index in [9.17, 15) is 4.79 Å². The molecule has 5 nitrogen and oxygen atoms in total. The molecule has 0 radical (unpaired) electrons. The van der Waals surface area contributed by atoms with Crippen LogP contribution in [0.25, 0.3) is 0 Å². The molecule has 2 aliphatic heterocycles. The van der Waals surface area contributed by atoms with Gasteiger partial charge in [0.05, 0.1) is 6.61 Å². The molecule has 6 heteroatoms. The average Bonchev–Trinajstić information content (AvgIpc) is 2.89. The highest BCUT2D eigenvalue weighted by Crippen LogP contribution is 2.30. The van der Waals surface area contributed by atoms with E-state index in [1.807, 2.05) is 6.92 Å². The second-order valence-corrected chi connectivity index (χ2v) is 5.90. The molecule has 0 spiro atoms. The number of hydrogen-bond acceptors (Lipinski definition) is 5. The van der Waals surface area contributed by atoms with Crippen LogP contribution in [-0.4, -0.2) is 35.0 Å². The van der Waals surface area contributed by atoms with E-state index in [1.54, 1.807) is 16.3 Å². The van der Waals surface area contributed by atoms with Crippen molar-refractivity contribution in [1.82, 2.24) is 9.55 Å². The third-order valence-electron chi connectivity index (χ3n) is 3.58. The van der Waals surface area contributed by atoms with Crippen LogP contribution in [0.1, 0.15) is 26.2 Å². The summed E-state index contributed by atoms with van der Waals surface area (Å²) in [4.78, 5) is 19.3. The molecule has 0 saturated carbocycles. The Bertz CT molecular complexity index is 523. The summed E-state index contributed by atoms with van der Waals surface area (Å²) in [6, 6.07) is 0. The monoisotopic (exact) mass is 281 g/mol. The fourth-order valence-electron chi connectivity index (χ4n) is 2.67. The van der Waals surface area contributed by atoms with E-state index in [0.717, 1.165) is 43.4 Å². The molecule has 1 aromatic heterocycles. The van der Waals surface area contributed by atoms with E-state index in [0.29, 0.717) is 18.2 Å². The van der Waals surface area contributed by atoms with E-state index in [-0.39, 0.29) is 5.56 Å². The summed E-state index contributed by atoms with van der Waals surface area (Å²) >= 11 is 1.63. The van der Waals surface area contributed by atoms with Crippen molar-refractivity contribution >= 4 is 17.4 Å². The maximum absolute atomic E-state index is 12.6. The lowest BCUT2D eigenvalue weighted by molar-refractivity contribution is 0.319. The second kappa shape index (κ2) is 5.45. The minimum Gasteiger partial charge on any atom is -0.476 e. The topological polar surface area (TPSA) is 47.4 Å². The molecule has 0 N–H and O–H groups in total. The Morgan fingerprint density at radius 1 is 1.26 bits per heavy atom. The summed E-state index contributed by atoms with van der Waals surface area (Å²) in [6.45, 7) is 5.10. The van der Waals surface area contributed by atoms with Gasteiger partial charge >= 0.3 is 0 Å². The fourth-order valence-corrected chi connectivity index (χ4v) is 3.60. The molecule has 1 fully saturated rings. The number of hydrogen-bond donors (Lipinski definition) is 0. The number of nitrogens with zero attached hydrogens (tertiary/aromatic N) is 3. The van der Waals surface area contributed by atoms with Crippen molar-refractivity contribution in [1.29, 1.82) is 0 Å². The van der Waals surface area contributed by atoms with Crippen molar-refractivity contribution in [2.24, 2.45) is 0 Å². The second-order valence-electron chi connectivity index (χ2n) is 4.83. The number of thioether (sulfide) groups is 1. The van der Waals surface area contributed by atoms with Gasteiger partial charge in [-0.3, -0.25) is 9.36 Å². The molecule has 0 aliphatic carbocycles. The van der Waals surface area contributed by atoms with Gasteiger partial charge < -0.3 is 9.64 Å². The molecule has 0 atom stereocenters. The van der Waals surface area contributed by atoms with Gasteiger partial charge in [-0.15, -0.1) is 0 Å². The third kappa shape index (κ3) is 2.33. The summed E-state index contributed by atoms with van der Waals surface area (Å²) < 4.78 is 7.41. The van der Waals surface area contributed by atoms with Gasteiger partial charge in [0.1, 0.15) is 0 Å². The molecule has 3 heterocycles. The quantitative estimate of drug-likeness (QED) is 0.790. The number of aromatic nitrogens is 2. The Balaban J connectivity index is 2.06. The van der Waals surface area contributed by atoms with Crippen molar-refractivity contribution < 1.29 is 4.74 Å². The summed E-state index contributed by atoms with van der Waals surface area (Å²) in [5, 5.41) is 0.800. The largest absolute Gasteiger partial charge is 0.476 e. The molecule has 0 amide bonds. The van der Waals surface area contributed by atoms with Gasteiger partial charge in [-0.25, -0.2) is 0 Å². The lowest BCUT2D eigenvalue weighted by Crippen LogP contribution is -2.37. The van der Waals surface area contributed by atoms with Crippen molar-refractivity contribution in [2.75, 3.05) is 30.3 Å². The van der Waals surface area contributed by atoms with E-state index < -0.39 is 0 Å². The smallest absolute Gasteiger partial charge is 0.281 e. The first-order valence-corrected chi connectivity index (χ1v) is 7.95. The van der Waals surface area contributed by atoms with Gasteiger partial charge in [0, 0.05) is 25.4 Å². The predicted molar refractivity (Wildman–Crippen MR) is 76.5 cm³/mol. The van der Waals surface area contributed by atoms with E-state index in [2.05, 4.69) is 9.88 Å². The van der Waals surface area contributed by atoms with Crippen molar-refractivity contribution in [3.63, 3.8) is 0 Å². The highest BCUT2D eigenvalue weighted by Gasteiger charge is 2.26. The van der Waals surface area contributed by atoms with Crippen LogP contribution < -0.4 is 15.2 Å². The summed E-state index contributed by atoms with van der Waals surface area (Å²) in [7, 11) is 0. The Labute approximate surface area is 117 Å². The molecule has 0 unspecified atom stereocenters. The standard InChI is InChI=1S/C13H19N3O2S/c1-2-18-11-10(15-6-4-3-5-7-15)12(17)16-8-9-19-13(16)14-11/h2-9H2,1H3. The van der Waals surface area contributed by atoms with Gasteiger partial charge in [-0.05, 0) is 26.2 Å². The molecule has 104 valence electrons. The number of rotatable bonds is 3. The molecule has 3 rings (SSSR count). The maximum atomic E-state index is 12.6. The van der Waals surface area contributed by atoms with Gasteiger partial charge in [-0.1, -0.05) is 11.8 Å². The lowest BCUT2D eigenvalue weighted by Gasteiger charge is -2.29. The molecule has 19 heavy (non-hydrogen) atoms. The zero-order valence-corrected chi connectivity index (χ0v) is 12.0. The Morgan fingerprint density at radius 3 is 2.79 bits per heavy atom. The van der Waals surface area contributed by atoms with Crippen LogP contribution in [-0.2, 0) is 6.54 Å². The number of anilines is 1. The minimum atomic E-state index is 0.0698. The Morgan fingerprint density at radius 2 is 2.05 bits per heavy atom. The van der Waals surface area contributed by atoms with Crippen molar-refractivity contribution in [2.45, 2.75) is 37.9 Å². The third-order valence-corrected chi connectivity index (χ3v) is 4.53. The number of piperidine rings is 1. The van der Waals surface area contributed by atoms with E-state index >= 15 is 0 Å². The van der Waals surface area contributed by atoms with Crippen LogP contribution >= 0.6 is 11.8 Å². The Hall–Kier alpha value is -1.17. The van der Waals surface area contributed by atoms with Gasteiger partial charge in [0.15, 0.2) is 10.8 Å².